The SMILES string of the molecule is C[C](CO)CN1CCC[C@@H]1c1cc(F)ccc1F. The van der Waals surface area contributed by atoms with Gasteiger partial charge < -0.3 is 5.11 Å². The van der Waals surface area contributed by atoms with Gasteiger partial charge in [-0.1, -0.05) is 6.92 Å². The van der Waals surface area contributed by atoms with Crippen molar-refractivity contribution in [2.75, 3.05) is 19.7 Å². The molecule has 0 aromatic heterocycles. The summed E-state index contributed by atoms with van der Waals surface area (Å²) >= 11 is 0. The maximum Gasteiger partial charge on any atom is 0.128 e. The molecule has 1 N–H and O–H groups in total. The second-order valence-electron chi connectivity index (χ2n) is 4.91. The van der Waals surface area contributed by atoms with Crippen molar-refractivity contribution < 1.29 is 13.9 Å². The van der Waals surface area contributed by atoms with Gasteiger partial charge in [0, 0.05) is 24.1 Å². The smallest absolute Gasteiger partial charge is 0.128 e. The summed E-state index contributed by atoms with van der Waals surface area (Å²) in [5.74, 6) is 0.190. The van der Waals surface area contributed by atoms with Gasteiger partial charge in [0.2, 0.25) is 0 Å². The molecule has 0 unspecified atom stereocenters. The van der Waals surface area contributed by atoms with Gasteiger partial charge in [-0.25, -0.2) is 8.78 Å². The molecule has 1 atom stereocenters. The summed E-state index contributed by atoms with van der Waals surface area (Å²) in [6.45, 7) is 3.40. The van der Waals surface area contributed by atoms with Crippen molar-refractivity contribution in [2.24, 2.45) is 0 Å². The monoisotopic (exact) mass is 254 g/mol. The van der Waals surface area contributed by atoms with E-state index in [1.165, 1.54) is 12.1 Å². The largest absolute Gasteiger partial charge is 0.396 e. The Morgan fingerprint density at radius 3 is 2.94 bits per heavy atom. The summed E-state index contributed by atoms with van der Waals surface area (Å²) in [4.78, 5) is 2.10. The number of benzene rings is 1. The standard InChI is InChI=1S/C14H18F2NO/c1-10(9-18)8-17-6-2-3-14(17)12-7-11(15)4-5-13(12)16/h4-5,7,14,18H,2-3,6,8-9H2,1H3/t14-/m1/s1. The van der Waals surface area contributed by atoms with Gasteiger partial charge in [0.05, 0.1) is 6.61 Å². The second kappa shape index (κ2) is 5.76. The normalized spacial score (nSPS) is 20.8. The number of likely N-dealkylation sites (tertiary alicyclic amines) is 1. The van der Waals surface area contributed by atoms with Crippen LogP contribution in [0.3, 0.4) is 0 Å². The first-order valence-corrected chi connectivity index (χ1v) is 6.23. The average molecular weight is 254 g/mol. The fraction of sp³-hybridized carbons (Fsp3) is 0.500. The second-order valence-corrected chi connectivity index (χ2v) is 4.91. The number of halogens is 2. The summed E-state index contributed by atoms with van der Waals surface area (Å²) in [5.41, 5.74) is 0.429. The summed E-state index contributed by atoms with van der Waals surface area (Å²) in [6, 6.07) is 3.53. The van der Waals surface area contributed by atoms with Crippen LogP contribution < -0.4 is 0 Å². The molecule has 4 heteroatoms. The van der Waals surface area contributed by atoms with E-state index < -0.39 is 5.82 Å². The molecule has 1 saturated heterocycles. The maximum atomic E-state index is 13.8. The van der Waals surface area contributed by atoms with Crippen molar-refractivity contribution in [1.82, 2.24) is 4.90 Å². The van der Waals surface area contributed by atoms with Crippen LogP contribution in [-0.4, -0.2) is 29.7 Å². The van der Waals surface area contributed by atoms with Crippen LogP contribution in [0.2, 0.25) is 0 Å². The van der Waals surface area contributed by atoms with E-state index in [9.17, 15) is 8.78 Å². The minimum Gasteiger partial charge on any atom is -0.396 e. The molecule has 0 saturated carbocycles. The lowest BCUT2D eigenvalue weighted by atomic mass is 10.0. The molecule has 99 valence electrons. The number of hydrogen-bond acceptors (Lipinski definition) is 2. The summed E-state index contributed by atoms with van der Waals surface area (Å²) in [6.07, 6.45) is 1.80. The van der Waals surface area contributed by atoms with E-state index in [2.05, 4.69) is 4.90 Å². The Labute approximate surface area is 106 Å². The highest BCUT2D eigenvalue weighted by molar-refractivity contribution is 5.23. The van der Waals surface area contributed by atoms with Gasteiger partial charge in [0.15, 0.2) is 0 Å². The molecule has 1 aliphatic heterocycles. The molecule has 1 aromatic carbocycles. The van der Waals surface area contributed by atoms with Crippen LogP contribution in [0.4, 0.5) is 8.78 Å². The summed E-state index contributed by atoms with van der Waals surface area (Å²) < 4.78 is 27.0. The van der Waals surface area contributed by atoms with E-state index >= 15 is 0 Å². The number of rotatable bonds is 4. The molecule has 1 aliphatic rings. The number of aliphatic hydroxyl groups is 1. The Morgan fingerprint density at radius 2 is 2.22 bits per heavy atom. The predicted octanol–water partition coefficient (Wildman–Crippen LogP) is 2.69. The van der Waals surface area contributed by atoms with E-state index in [1.807, 2.05) is 6.92 Å². The summed E-state index contributed by atoms with van der Waals surface area (Å²) in [5, 5.41) is 9.05. The van der Waals surface area contributed by atoms with Crippen LogP contribution in [0.15, 0.2) is 18.2 Å². The molecule has 1 aromatic rings. The van der Waals surface area contributed by atoms with Crippen LogP contribution >= 0.6 is 0 Å². The van der Waals surface area contributed by atoms with Crippen molar-refractivity contribution in [2.45, 2.75) is 25.8 Å². The zero-order valence-electron chi connectivity index (χ0n) is 10.5. The first-order chi connectivity index (χ1) is 8.61. The molecule has 0 bridgehead atoms. The first kappa shape index (κ1) is 13.4. The lowest BCUT2D eigenvalue weighted by Crippen LogP contribution is -2.29. The molecule has 0 aliphatic carbocycles. The molecule has 1 heterocycles. The van der Waals surface area contributed by atoms with Crippen LogP contribution in [-0.2, 0) is 0 Å². The molecule has 2 nitrogen and oxygen atoms in total. The zero-order valence-corrected chi connectivity index (χ0v) is 10.5. The van der Waals surface area contributed by atoms with Crippen molar-refractivity contribution in [3.05, 3.63) is 41.3 Å². The van der Waals surface area contributed by atoms with E-state index in [1.54, 1.807) is 0 Å². The van der Waals surface area contributed by atoms with Gasteiger partial charge in [-0.3, -0.25) is 4.90 Å². The highest BCUT2D eigenvalue weighted by Gasteiger charge is 2.29. The number of aliphatic hydroxyl groups excluding tert-OH is 1. The highest BCUT2D eigenvalue weighted by Crippen LogP contribution is 2.34. The van der Waals surface area contributed by atoms with Gasteiger partial charge in [-0.2, -0.15) is 0 Å². The maximum absolute atomic E-state index is 13.8. The predicted molar refractivity (Wildman–Crippen MR) is 65.9 cm³/mol. The van der Waals surface area contributed by atoms with E-state index in [0.29, 0.717) is 12.1 Å². The fourth-order valence-corrected chi connectivity index (χ4v) is 2.53. The lowest BCUT2D eigenvalue weighted by molar-refractivity contribution is 0.229. The molecular weight excluding hydrogens is 236 g/mol. The van der Waals surface area contributed by atoms with Gasteiger partial charge in [0.25, 0.3) is 0 Å². The van der Waals surface area contributed by atoms with Crippen molar-refractivity contribution >= 4 is 0 Å². The Balaban J connectivity index is 2.17. The number of hydrogen-bond donors (Lipinski definition) is 1. The third kappa shape index (κ3) is 2.87. The Bertz CT molecular complexity index is 411. The molecule has 1 radical (unpaired) electrons. The van der Waals surface area contributed by atoms with Crippen molar-refractivity contribution in [1.29, 1.82) is 0 Å². The van der Waals surface area contributed by atoms with Gasteiger partial charge in [-0.05, 0) is 37.6 Å². The molecular formula is C14H18F2NO. The van der Waals surface area contributed by atoms with E-state index in [0.717, 1.165) is 31.4 Å². The molecule has 1 fully saturated rings. The van der Waals surface area contributed by atoms with Gasteiger partial charge in [-0.15, -0.1) is 0 Å². The van der Waals surface area contributed by atoms with Gasteiger partial charge >= 0.3 is 0 Å². The lowest BCUT2D eigenvalue weighted by Gasteiger charge is -2.27. The van der Waals surface area contributed by atoms with E-state index in [4.69, 9.17) is 5.11 Å². The Hall–Kier alpha value is -1.00. The topological polar surface area (TPSA) is 23.5 Å². The fourth-order valence-electron chi connectivity index (χ4n) is 2.53. The minimum absolute atomic E-state index is 0.0366. The quantitative estimate of drug-likeness (QED) is 0.893. The zero-order chi connectivity index (χ0) is 13.1. The first-order valence-electron chi connectivity index (χ1n) is 6.23. The Kier molecular flexibility index (Phi) is 4.30. The third-order valence-electron chi connectivity index (χ3n) is 3.42. The molecule has 0 amide bonds. The van der Waals surface area contributed by atoms with Crippen LogP contribution in [0.5, 0.6) is 0 Å². The third-order valence-corrected chi connectivity index (χ3v) is 3.42. The number of nitrogens with zero attached hydrogens (tertiary/aromatic N) is 1. The van der Waals surface area contributed by atoms with Crippen LogP contribution in [0.1, 0.15) is 31.4 Å². The highest BCUT2D eigenvalue weighted by atomic mass is 19.1. The van der Waals surface area contributed by atoms with Crippen molar-refractivity contribution in [3.63, 3.8) is 0 Å². The molecule has 18 heavy (non-hydrogen) atoms. The van der Waals surface area contributed by atoms with Gasteiger partial charge in [0.1, 0.15) is 11.6 Å². The van der Waals surface area contributed by atoms with Crippen LogP contribution in [0.25, 0.3) is 0 Å². The summed E-state index contributed by atoms with van der Waals surface area (Å²) in [7, 11) is 0. The van der Waals surface area contributed by atoms with E-state index in [-0.39, 0.29) is 18.5 Å². The minimum atomic E-state index is -0.402. The Morgan fingerprint density at radius 1 is 1.44 bits per heavy atom. The molecule has 2 rings (SSSR count). The molecule has 0 spiro atoms. The average Bonchev–Trinajstić information content (AvgIpc) is 2.80. The van der Waals surface area contributed by atoms with Crippen LogP contribution in [0, 0.1) is 17.6 Å². The van der Waals surface area contributed by atoms with Crippen molar-refractivity contribution in [3.8, 4) is 0 Å².